The summed E-state index contributed by atoms with van der Waals surface area (Å²) >= 11 is 1.46. The molecule has 0 atom stereocenters. The number of carbonyl (C=O) groups excluding carboxylic acids is 1. The van der Waals surface area contributed by atoms with Gasteiger partial charge < -0.3 is 5.32 Å². The first-order valence-corrected chi connectivity index (χ1v) is 7.88. The number of amides is 1. The van der Waals surface area contributed by atoms with Crippen LogP contribution in [0.2, 0.25) is 0 Å². The van der Waals surface area contributed by atoms with Gasteiger partial charge in [0.05, 0.1) is 5.75 Å². The average Bonchev–Trinajstić information content (AvgIpc) is 3.29. The minimum Gasteiger partial charge on any atom is -0.352 e. The second-order valence-corrected chi connectivity index (χ2v) is 6.56. The summed E-state index contributed by atoms with van der Waals surface area (Å²) in [5.41, 5.74) is 0. The van der Waals surface area contributed by atoms with E-state index in [2.05, 4.69) is 5.32 Å². The molecule has 1 aromatic rings. The molecule has 2 saturated carbocycles. The average molecular weight is 279 g/mol. The van der Waals surface area contributed by atoms with E-state index >= 15 is 0 Å². The molecule has 0 spiro atoms. The van der Waals surface area contributed by atoms with Crippen molar-refractivity contribution in [2.24, 2.45) is 11.8 Å². The van der Waals surface area contributed by atoms with Crippen LogP contribution in [-0.4, -0.2) is 17.7 Å². The molecule has 3 rings (SSSR count). The first kappa shape index (κ1) is 13.0. The zero-order valence-corrected chi connectivity index (χ0v) is 11.6. The molecule has 102 valence electrons. The Balaban J connectivity index is 1.46. The third kappa shape index (κ3) is 3.72. The van der Waals surface area contributed by atoms with Crippen LogP contribution in [0.4, 0.5) is 4.39 Å². The molecule has 2 aliphatic rings. The van der Waals surface area contributed by atoms with Gasteiger partial charge in [-0.1, -0.05) is 0 Å². The summed E-state index contributed by atoms with van der Waals surface area (Å²) in [4.78, 5) is 12.9. The van der Waals surface area contributed by atoms with Crippen molar-refractivity contribution in [3.05, 3.63) is 30.1 Å². The maximum absolute atomic E-state index is 12.8. The van der Waals surface area contributed by atoms with E-state index in [0.29, 0.717) is 11.8 Å². The third-order valence-corrected chi connectivity index (χ3v) is 4.78. The summed E-state index contributed by atoms with van der Waals surface area (Å²) in [7, 11) is 0. The van der Waals surface area contributed by atoms with Crippen molar-refractivity contribution in [1.82, 2.24) is 5.32 Å². The van der Waals surface area contributed by atoms with E-state index in [0.717, 1.165) is 16.7 Å². The topological polar surface area (TPSA) is 29.1 Å². The van der Waals surface area contributed by atoms with E-state index < -0.39 is 0 Å². The van der Waals surface area contributed by atoms with Crippen LogP contribution in [0, 0.1) is 17.7 Å². The SMILES string of the molecule is O=C(CSc1ccc(F)cc1)NC(C1CC1)C1CC1. The van der Waals surface area contributed by atoms with Crippen LogP contribution >= 0.6 is 11.8 Å². The van der Waals surface area contributed by atoms with Gasteiger partial charge in [0.1, 0.15) is 5.82 Å². The second kappa shape index (κ2) is 5.53. The Morgan fingerprint density at radius 2 is 1.79 bits per heavy atom. The van der Waals surface area contributed by atoms with Gasteiger partial charge in [-0.15, -0.1) is 11.8 Å². The molecule has 1 aromatic carbocycles. The van der Waals surface area contributed by atoms with Crippen LogP contribution in [0.1, 0.15) is 25.7 Å². The van der Waals surface area contributed by atoms with E-state index in [-0.39, 0.29) is 11.7 Å². The largest absolute Gasteiger partial charge is 0.352 e. The van der Waals surface area contributed by atoms with Gasteiger partial charge >= 0.3 is 0 Å². The highest BCUT2D eigenvalue weighted by Gasteiger charge is 2.42. The Kier molecular flexibility index (Phi) is 3.78. The lowest BCUT2D eigenvalue weighted by molar-refractivity contribution is -0.119. The molecule has 0 heterocycles. The third-order valence-electron chi connectivity index (χ3n) is 3.77. The zero-order valence-electron chi connectivity index (χ0n) is 10.8. The zero-order chi connectivity index (χ0) is 13.2. The number of carbonyl (C=O) groups is 1. The summed E-state index contributed by atoms with van der Waals surface area (Å²) in [6.07, 6.45) is 5.08. The first-order valence-electron chi connectivity index (χ1n) is 6.90. The highest BCUT2D eigenvalue weighted by atomic mass is 32.2. The van der Waals surface area contributed by atoms with Gasteiger partial charge in [-0.05, 0) is 61.8 Å². The van der Waals surface area contributed by atoms with Gasteiger partial charge in [0, 0.05) is 10.9 Å². The Hall–Kier alpha value is -1.03. The van der Waals surface area contributed by atoms with Crippen molar-refractivity contribution >= 4 is 17.7 Å². The first-order chi connectivity index (χ1) is 9.22. The molecule has 0 aromatic heterocycles. The molecule has 0 aliphatic heterocycles. The fourth-order valence-electron chi connectivity index (χ4n) is 2.44. The molecule has 4 heteroatoms. The summed E-state index contributed by atoms with van der Waals surface area (Å²) in [5.74, 6) is 1.75. The highest BCUT2D eigenvalue weighted by Crippen LogP contribution is 2.44. The molecule has 2 aliphatic carbocycles. The van der Waals surface area contributed by atoms with Crippen LogP contribution in [0.25, 0.3) is 0 Å². The van der Waals surface area contributed by atoms with Crippen LogP contribution in [0.15, 0.2) is 29.2 Å². The lowest BCUT2D eigenvalue weighted by Crippen LogP contribution is -2.39. The molecule has 0 unspecified atom stereocenters. The van der Waals surface area contributed by atoms with Gasteiger partial charge in [0.15, 0.2) is 0 Å². The Bertz CT molecular complexity index is 442. The Labute approximate surface area is 117 Å². The van der Waals surface area contributed by atoms with Crippen molar-refractivity contribution in [1.29, 1.82) is 0 Å². The van der Waals surface area contributed by atoms with Crippen molar-refractivity contribution < 1.29 is 9.18 Å². The van der Waals surface area contributed by atoms with E-state index in [9.17, 15) is 9.18 Å². The lowest BCUT2D eigenvalue weighted by atomic mass is 10.1. The van der Waals surface area contributed by atoms with E-state index in [1.165, 1.54) is 49.6 Å². The van der Waals surface area contributed by atoms with Crippen molar-refractivity contribution in [2.45, 2.75) is 36.6 Å². The maximum atomic E-state index is 12.8. The Morgan fingerprint density at radius 1 is 1.21 bits per heavy atom. The summed E-state index contributed by atoms with van der Waals surface area (Å²) < 4.78 is 12.8. The normalized spacial score (nSPS) is 18.6. The summed E-state index contributed by atoms with van der Waals surface area (Å²) in [6.45, 7) is 0. The molecule has 0 saturated heterocycles. The van der Waals surface area contributed by atoms with Crippen molar-refractivity contribution in [3.8, 4) is 0 Å². The Morgan fingerprint density at radius 3 is 2.32 bits per heavy atom. The van der Waals surface area contributed by atoms with Crippen LogP contribution in [0.5, 0.6) is 0 Å². The molecule has 1 amide bonds. The minimum atomic E-state index is -0.240. The highest BCUT2D eigenvalue weighted by molar-refractivity contribution is 8.00. The van der Waals surface area contributed by atoms with Crippen LogP contribution in [-0.2, 0) is 4.79 Å². The summed E-state index contributed by atoms with van der Waals surface area (Å²) in [6, 6.07) is 6.70. The number of rotatable bonds is 6. The molecule has 19 heavy (non-hydrogen) atoms. The molecule has 2 nitrogen and oxygen atoms in total. The number of hydrogen-bond donors (Lipinski definition) is 1. The smallest absolute Gasteiger partial charge is 0.230 e. The van der Waals surface area contributed by atoms with Gasteiger partial charge in [-0.2, -0.15) is 0 Å². The predicted octanol–water partition coefficient (Wildman–Crippen LogP) is 3.22. The standard InChI is InChI=1S/C15H18FNOS/c16-12-5-7-13(8-6-12)19-9-14(18)17-15(10-1-2-10)11-3-4-11/h5-8,10-11,15H,1-4,9H2,(H,17,18). The van der Waals surface area contributed by atoms with E-state index in [1.54, 1.807) is 12.1 Å². The van der Waals surface area contributed by atoms with Gasteiger partial charge in [-0.25, -0.2) is 4.39 Å². The van der Waals surface area contributed by atoms with Crippen molar-refractivity contribution in [2.75, 3.05) is 5.75 Å². The van der Waals surface area contributed by atoms with Gasteiger partial charge in [-0.3, -0.25) is 4.79 Å². The van der Waals surface area contributed by atoms with Crippen LogP contribution < -0.4 is 5.32 Å². The number of nitrogens with one attached hydrogen (secondary N) is 1. The summed E-state index contributed by atoms with van der Waals surface area (Å²) in [5, 5.41) is 3.19. The quantitative estimate of drug-likeness (QED) is 0.810. The molecular formula is C15H18FNOS. The number of thioether (sulfide) groups is 1. The van der Waals surface area contributed by atoms with Crippen LogP contribution in [0.3, 0.4) is 0 Å². The molecule has 0 radical (unpaired) electrons. The monoisotopic (exact) mass is 279 g/mol. The maximum Gasteiger partial charge on any atom is 0.230 e. The number of benzene rings is 1. The molecule has 1 N–H and O–H groups in total. The molecular weight excluding hydrogens is 261 g/mol. The number of halogens is 1. The minimum absolute atomic E-state index is 0.109. The van der Waals surface area contributed by atoms with Gasteiger partial charge in [0.25, 0.3) is 0 Å². The lowest BCUT2D eigenvalue weighted by Gasteiger charge is -2.17. The fraction of sp³-hybridized carbons (Fsp3) is 0.533. The van der Waals surface area contributed by atoms with E-state index in [1.807, 2.05) is 0 Å². The molecule has 0 bridgehead atoms. The second-order valence-electron chi connectivity index (χ2n) is 5.51. The van der Waals surface area contributed by atoms with Gasteiger partial charge in [0.2, 0.25) is 5.91 Å². The fourth-order valence-corrected chi connectivity index (χ4v) is 3.15. The van der Waals surface area contributed by atoms with Crippen molar-refractivity contribution in [3.63, 3.8) is 0 Å². The molecule has 2 fully saturated rings. The number of hydrogen-bond acceptors (Lipinski definition) is 2. The predicted molar refractivity (Wildman–Crippen MR) is 74.5 cm³/mol. The van der Waals surface area contributed by atoms with E-state index in [4.69, 9.17) is 0 Å².